The molecule has 0 bridgehead atoms. The molecule has 0 saturated heterocycles. The number of phenolic OH excluding ortho intramolecular Hbond substituents is 1. The number of benzene rings is 1. The number of nitrogens with zero attached hydrogens (tertiary/aromatic N) is 3. The molecule has 1 fully saturated rings. The number of hydrogen-bond donors (Lipinski definition) is 2. The lowest BCUT2D eigenvalue weighted by Crippen LogP contribution is -2.36. The van der Waals surface area contributed by atoms with Gasteiger partial charge >= 0.3 is 0 Å². The molecule has 184 valence electrons. The van der Waals surface area contributed by atoms with Gasteiger partial charge in [0.15, 0.2) is 21.4 Å². The number of sulfone groups is 1. The van der Waals surface area contributed by atoms with E-state index in [9.17, 15) is 17.9 Å². The molecular formula is C24H30ClFN4O3S. The highest BCUT2D eigenvalue weighted by Gasteiger charge is 2.26. The van der Waals surface area contributed by atoms with Crippen LogP contribution in [0.25, 0.3) is 22.3 Å². The van der Waals surface area contributed by atoms with E-state index in [1.165, 1.54) is 12.3 Å². The van der Waals surface area contributed by atoms with Crippen molar-refractivity contribution in [3.05, 3.63) is 41.3 Å². The summed E-state index contributed by atoms with van der Waals surface area (Å²) in [5, 5.41) is 12.9. The van der Waals surface area contributed by atoms with Gasteiger partial charge in [0.2, 0.25) is 0 Å². The summed E-state index contributed by atoms with van der Waals surface area (Å²) in [6.45, 7) is 0. The Kier molecular flexibility index (Phi) is 7.69. The molecule has 4 rings (SSSR count). The summed E-state index contributed by atoms with van der Waals surface area (Å²) >= 11 is 5.94. The van der Waals surface area contributed by atoms with Crippen molar-refractivity contribution < 1.29 is 17.9 Å². The third kappa shape index (κ3) is 5.26. The van der Waals surface area contributed by atoms with Crippen molar-refractivity contribution >= 4 is 38.2 Å². The highest BCUT2D eigenvalue weighted by atomic mass is 35.5. The predicted octanol–water partition coefficient (Wildman–Crippen LogP) is 5.12. The van der Waals surface area contributed by atoms with Gasteiger partial charge in [-0.1, -0.05) is 19.0 Å². The van der Waals surface area contributed by atoms with Crippen molar-refractivity contribution in [2.24, 2.45) is 0 Å². The molecule has 34 heavy (non-hydrogen) atoms. The van der Waals surface area contributed by atoms with Crippen LogP contribution >= 0.6 is 11.6 Å². The van der Waals surface area contributed by atoms with Crippen molar-refractivity contribution in [1.29, 1.82) is 0 Å². The van der Waals surface area contributed by atoms with Crippen LogP contribution in [-0.2, 0) is 9.84 Å². The second kappa shape index (κ2) is 10.0. The van der Waals surface area contributed by atoms with E-state index in [1.807, 2.05) is 0 Å². The number of halogens is 2. The van der Waals surface area contributed by atoms with Crippen LogP contribution in [0.1, 0.15) is 33.1 Å². The number of nitrogens with one attached hydrogen (secondary N) is 1. The lowest BCUT2D eigenvalue weighted by atomic mass is 9.90. The Hall–Kier alpha value is -2.49. The topological polar surface area (TPSA) is 95.4 Å². The maximum Gasteiger partial charge on any atom is 0.179 e. The van der Waals surface area contributed by atoms with Gasteiger partial charge in [-0.3, -0.25) is 4.98 Å². The maximum absolute atomic E-state index is 14.1. The minimum atomic E-state index is -3.58. The molecule has 0 spiro atoms. The van der Waals surface area contributed by atoms with Gasteiger partial charge in [-0.25, -0.2) is 17.8 Å². The molecule has 1 saturated carbocycles. The van der Waals surface area contributed by atoms with E-state index in [0.717, 1.165) is 38.0 Å². The van der Waals surface area contributed by atoms with Crippen molar-refractivity contribution in [2.45, 2.75) is 50.1 Å². The molecule has 1 aliphatic carbocycles. The minimum Gasteiger partial charge on any atom is -0.504 e. The van der Waals surface area contributed by atoms with Gasteiger partial charge < -0.3 is 15.3 Å². The Morgan fingerprint density at radius 3 is 2.44 bits per heavy atom. The van der Waals surface area contributed by atoms with E-state index < -0.39 is 21.4 Å². The SMILES string of the molecule is C.CN(C)C1CCC(Nc2c(S(C)(=O)=O)cnc3ccc(-c4cc(F)c(O)c(Cl)c4)nc23)CC1. The van der Waals surface area contributed by atoms with Crippen LogP contribution in [0.3, 0.4) is 0 Å². The third-order valence-electron chi connectivity index (χ3n) is 6.17. The van der Waals surface area contributed by atoms with Crippen molar-refractivity contribution in [3.8, 4) is 17.0 Å². The highest BCUT2D eigenvalue weighted by Crippen LogP contribution is 2.35. The van der Waals surface area contributed by atoms with Crippen molar-refractivity contribution in [1.82, 2.24) is 14.9 Å². The fourth-order valence-electron chi connectivity index (χ4n) is 4.28. The van der Waals surface area contributed by atoms with E-state index in [0.29, 0.717) is 34.0 Å². The summed E-state index contributed by atoms with van der Waals surface area (Å²) in [4.78, 5) is 11.2. The number of rotatable bonds is 5. The van der Waals surface area contributed by atoms with E-state index >= 15 is 0 Å². The normalized spacial score (nSPS) is 18.6. The lowest BCUT2D eigenvalue weighted by molar-refractivity contribution is 0.221. The fraction of sp³-hybridized carbons (Fsp3) is 0.417. The molecule has 0 amide bonds. The van der Waals surface area contributed by atoms with Crippen LogP contribution in [0.5, 0.6) is 5.75 Å². The van der Waals surface area contributed by atoms with Crippen LogP contribution in [0.2, 0.25) is 5.02 Å². The van der Waals surface area contributed by atoms with Gasteiger partial charge in [-0.15, -0.1) is 0 Å². The summed E-state index contributed by atoms with van der Waals surface area (Å²) < 4.78 is 39.2. The van der Waals surface area contributed by atoms with E-state index in [-0.39, 0.29) is 23.4 Å². The Morgan fingerprint density at radius 1 is 1.18 bits per heavy atom. The molecule has 10 heteroatoms. The number of anilines is 1. The molecular weight excluding hydrogens is 479 g/mol. The molecule has 1 aromatic carbocycles. The standard InChI is InChI=1S/C23H26ClFN4O3S.CH4/c1-29(2)15-6-4-14(5-7-15)27-22-20(33(3,31)32)12-26-19-9-8-18(28-21(19)22)13-10-16(24)23(30)17(25)11-13;/h8-12,14-15,30H,4-7H2,1-3H3,(H,26,27);1H4. The Morgan fingerprint density at radius 2 is 1.85 bits per heavy atom. The second-order valence-corrected chi connectivity index (χ2v) is 11.1. The minimum absolute atomic E-state index is 0. The number of aromatic hydroxyl groups is 1. The first kappa shape index (κ1) is 26.1. The van der Waals surface area contributed by atoms with Gasteiger partial charge in [0.05, 0.1) is 21.9 Å². The van der Waals surface area contributed by atoms with Crippen molar-refractivity contribution in [3.63, 3.8) is 0 Å². The average molecular weight is 509 g/mol. The van der Waals surface area contributed by atoms with Crippen LogP contribution < -0.4 is 5.32 Å². The molecule has 1 aliphatic rings. The number of aromatic nitrogens is 2. The number of pyridine rings is 2. The Balaban J connectivity index is 0.00000324. The zero-order chi connectivity index (χ0) is 23.9. The molecule has 2 heterocycles. The first-order valence-corrected chi connectivity index (χ1v) is 12.9. The molecule has 2 N–H and O–H groups in total. The number of hydrogen-bond acceptors (Lipinski definition) is 7. The molecule has 0 atom stereocenters. The summed E-state index contributed by atoms with van der Waals surface area (Å²) in [7, 11) is 0.556. The second-order valence-electron chi connectivity index (χ2n) is 8.74. The summed E-state index contributed by atoms with van der Waals surface area (Å²) in [6.07, 6.45) is 6.30. The summed E-state index contributed by atoms with van der Waals surface area (Å²) in [5.41, 5.74) is 2.05. The van der Waals surface area contributed by atoms with E-state index in [4.69, 9.17) is 11.6 Å². The fourth-order valence-corrected chi connectivity index (χ4v) is 5.26. The summed E-state index contributed by atoms with van der Waals surface area (Å²) in [5.74, 6) is -1.49. The predicted molar refractivity (Wildman–Crippen MR) is 135 cm³/mol. The smallest absolute Gasteiger partial charge is 0.179 e. The van der Waals surface area contributed by atoms with Gasteiger partial charge in [-0.2, -0.15) is 0 Å². The Bertz CT molecular complexity index is 1290. The number of phenols is 1. The summed E-state index contributed by atoms with van der Waals surface area (Å²) in [6, 6.07) is 6.51. The zero-order valence-corrected chi connectivity index (χ0v) is 20.2. The van der Waals surface area contributed by atoms with Gasteiger partial charge in [-0.05, 0) is 64.0 Å². The first-order chi connectivity index (χ1) is 15.5. The molecule has 0 aliphatic heterocycles. The van der Waals surface area contributed by atoms with Crippen LogP contribution in [0, 0.1) is 5.82 Å². The third-order valence-corrected chi connectivity index (χ3v) is 7.56. The number of fused-ring (bicyclic) bond motifs is 1. The van der Waals surface area contributed by atoms with Gasteiger partial charge in [0, 0.05) is 30.1 Å². The van der Waals surface area contributed by atoms with Crippen LogP contribution in [-0.4, -0.2) is 60.8 Å². The molecule has 2 aromatic heterocycles. The highest BCUT2D eigenvalue weighted by molar-refractivity contribution is 7.90. The molecule has 7 nitrogen and oxygen atoms in total. The lowest BCUT2D eigenvalue weighted by Gasteiger charge is -2.33. The molecule has 3 aromatic rings. The average Bonchev–Trinajstić information content (AvgIpc) is 2.76. The van der Waals surface area contributed by atoms with Gasteiger partial charge in [0.25, 0.3) is 0 Å². The van der Waals surface area contributed by atoms with Crippen LogP contribution in [0.15, 0.2) is 35.4 Å². The zero-order valence-electron chi connectivity index (χ0n) is 18.6. The van der Waals surface area contributed by atoms with E-state index in [2.05, 4.69) is 34.3 Å². The monoisotopic (exact) mass is 508 g/mol. The molecule has 0 unspecified atom stereocenters. The van der Waals surface area contributed by atoms with Crippen molar-refractivity contribution in [2.75, 3.05) is 25.7 Å². The Labute approximate surface area is 204 Å². The quantitative estimate of drug-likeness (QED) is 0.494. The maximum atomic E-state index is 14.1. The van der Waals surface area contributed by atoms with Crippen LogP contribution in [0.4, 0.5) is 10.1 Å². The first-order valence-electron chi connectivity index (χ1n) is 10.7. The van der Waals surface area contributed by atoms with Gasteiger partial charge in [0.1, 0.15) is 10.4 Å². The molecule has 0 radical (unpaired) electrons. The van der Waals surface area contributed by atoms with E-state index in [1.54, 1.807) is 12.1 Å². The largest absolute Gasteiger partial charge is 0.504 e.